The minimum Gasteiger partial charge on any atom is -0.462 e. The second-order valence-electron chi connectivity index (χ2n) is 25.2. The Kier molecular flexibility index (Phi) is 67.1. The lowest BCUT2D eigenvalue weighted by Crippen LogP contribution is -2.37. The summed E-state index contributed by atoms with van der Waals surface area (Å²) in [5.74, 6) is -0.842. The summed E-state index contributed by atoms with van der Waals surface area (Å²) in [5.41, 5.74) is 0. The van der Waals surface area contributed by atoms with Gasteiger partial charge >= 0.3 is 19.8 Å². The van der Waals surface area contributed by atoms with Gasteiger partial charge in [0.25, 0.3) is 0 Å². The molecule has 2 atom stereocenters. The Morgan fingerprint density at radius 3 is 0.935 bits per heavy atom. The predicted octanol–water partition coefficient (Wildman–Crippen LogP) is 24.5. The van der Waals surface area contributed by atoms with E-state index in [1.54, 1.807) is 0 Å². The number of hydrogen-bond donors (Lipinski definition) is 1. The third-order valence-corrected chi connectivity index (χ3v) is 16.2. The van der Waals surface area contributed by atoms with Crippen LogP contribution >= 0.6 is 7.82 Å². The molecule has 10 heteroatoms. The molecule has 1 N–H and O–H groups in total. The number of likely N-dealkylation sites (N-methyl/N-ethyl adjacent to an activating group) is 1. The summed E-state index contributed by atoms with van der Waals surface area (Å²) in [7, 11) is 1.44. The molecule has 0 saturated carbocycles. The van der Waals surface area contributed by atoms with Crippen molar-refractivity contribution in [1.29, 1.82) is 0 Å². The minimum absolute atomic E-state index is 0.0165. The van der Waals surface area contributed by atoms with Gasteiger partial charge in [-0.2, -0.15) is 0 Å². The molecule has 522 valence electrons. The first kappa shape index (κ1) is 87.4. The van der Waals surface area contributed by atoms with Crippen molar-refractivity contribution in [2.75, 3.05) is 47.5 Å². The Balaban J connectivity index is 4.16. The van der Waals surface area contributed by atoms with Crippen molar-refractivity contribution >= 4 is 19.8 Å². The zero-order valence-electron chi connectivity index (χ0n) is 59.5. The molecule has 0 radical (unpaired) electrons. The van der Waals surface area contributed by atoms with Crippen LogP contribution in [0.5, 0.6) is 0 Å². The molecule has 0 aliphatic heterocycles. The molecular weight excluding hydrogens is 1160 g/mol. The average Bonchev–Trinajstić information content (AvgIpc) is 2.34. The van der Waals surface area contributed by atoms with E-state index in [4.69, 9.17) is 18.5 Å². The van der Waals surface area contributed by atoms with Gasteiger partial charge in [-0.3, -0.25) is 18.6 Å². The fraction of sp³-hybridized carbons (Fsp3) is 0.634. The fourth-order valence-electron chi connectivity index (χ4n) is 9.62. The van der Waals surface area contributed by atoms with Gasteiger partial charge in [0.2, 0.25) is 0 Å². The highest BCUT2D eigenvalue weighted by Crippen LogP contribution is 2.43. The minimum atomic E-state index is -4.42. The number of phosphoric acid groups is 1. The third-order valence-electron chi connectivity index (χ3n) is 15.2. The third kappa shape index (κ3) is 74.4. The summed E-state index contributed by atoms with van der Waals surface area (Å²) in [5, 5.41) is 0. The van der Waals surface area contributed by atoms with Crippen LogP contribution in [0.3, 0.4) is 0 Å². The Bertz CT molecular complexity index is 2160. The molecule has 0 aromatic rings. The number of carbonyl (C=O) groups is 2. The lowest BCUT2D eigenvalue weighted by Gasteiger charge is -2.24. The van der Waals surface area contributed by atoms with Crippen LogP contribution in [0.2, 0.25) is 0 Å². The van der Waals surface area contributed by atoms with Gasteiger partial charge in [-0.15, -0.1) is 0 Å². The normalized spacial score (nSPS) is 14.1. The molecule has 0 spiro atoms. The highest BCUT2D eigenvalue weighted by atomic mass is 31.2. The van der Waals surface area contributed by atoms with Gasteiger partial charge in [0, 0.05) is 12.8 Å². The second-order valence-corrected chi connectivity index (χ2v) is 26.7. The van der Waals surface area contributed by atoms with Crippen LogP contribution in [0.4, 0.5) is 0 Å². The van der Waals surface area contributed by atoms with Gasteiger partial charge in [0.1, 0.15) is 19.8 Å². The van der Waals surface area contributed by atoms with Crippen LogP contribution in [0.1, 0.15) is 284 Å². The summed E-state index contributed by atoms with van der Waals surface area (Å²) in [6, 6.07) is 0. The van der Waals surface area contributed by atoms with E-state index in [9.17, 15) is 19.0 Å². The molecule has 0 fully saturated rings. The number of nitrogens with zero attached hydrogens (tertiary/aromatic N) is 1. The number of hydrogen-bond acceptors (Lipinski definition) is 7. The Morgan fingerprint density at radius 1 is 0.348 bits per heavy atom. The number of rotatable bonds is 66. The summed E-state index contributed by atoms with van der Waals surface area (Å²) in [4.78, 5) is 35.9. The van der Waals surface area contributed by atoms with Gasteiger partial charge in [-0.05, 0) is 135 Å². The quantitative estimate of drug-likeness (QED) is 0.0211. The molecule has 0 aromatic heterocycles. The summed E-state index contributed by atoms with van der Waals surface area (Å²) in [6.07, 6.45) is 108. The first-order valence-electron chi connectivity index (χ1n) is 36.9. The maximum Gasteiger partial charge on any atom is 0.472 e. The van der Waals surface area contributed by atoms with E-state index < -0.39 is 26.5 Å². The van der Waals surface area contributed by atoms with Gasteiger partial charge in [0.15, 0.2) is 6.10 Å². The van der Waals surface area contributed by atoms with Crippen molar-refractivity contribution in [3.63, 3.8) is 0 Å². The van der Waals surface area contributed by atoms with E-state index in [1.165, 1.54) is 128 Å². The first-order chi connectivity index (χ1) is 45.0. The van der Waals surface area contributed by atoms with E-state index in [1.807, 2.05) is 21.1 Å². The van der Waals surface area contributed by atoms with Gasteiger partial charge in [-0.25, -0.2) is 4.57 Å². The standard InChI is InChI=1S/C82H136NO8P/c1-6-8-10-12-14-16-18-20-22-24-26-28-30-32-34-36-38-39-40-41-42-43-45-47-49-51-53-55-57-59-61-63-65-67-69-71-73-75-82(85)91-80(79-90-92(86,87)89-77-76-83(3,4)5)78-88-81(84)74-72-70-68-66-64-62-60-58-56-54-52-50-48-46-44-37-35-33-31-29-27-25-23-21-19-17-15-13-11-9-7-2/h8,10,14,16,19-22,25-28,31-34,38-39,41-42,45,47,51,53,57,59,63,65,80H,6-7,9,11-13,15,17-18,23-24,29-30,35-37,40,43-44,46,48-50,52,54-56,58,60-62,64,66-79H2,1-5H3/p+1/b10-8-,16-14-,21-19-,22-20-,27-25-,28-26-,33-31-,34-32-,39-38-,42-41-,47-45-,53-51-,59-57-,65-63-. The number of ether oxygens (including phenoxy) is 2. The second kappa shape index (κ2) is 70.7. The van der Waals surface area contributed by atoms with E-state index in [0.717, 1.165) is 122 Å². The van der Waals surface area contributed by atoms with Crippen LogP contribution in [-0.4, -0.2) is 74.9 Å². The van der Waals surface area contributed by atoms with Crippen LogP contribution in [0.15, 0.2) is 170 Å². The fourth-order valence-corrected chi connectivity index (χ4v) is 10.4. The number of carbonyl (C=O) groups excluding carboxylic acids is 2. The van der Waals surface area contributed by atoms with Crippen molar-refractivity contribution in [3.05, 3.63) is 170 Å². The number of allylic oxidation sites excluding steroid dienone is 28. The molecule has 9 nitrogen and oxygen atoms in total. The smallest absolute Gasteiger partial charge is 0.462 e. The molecule has 0 aliphatic carbocycles. The van der Waals surface area contributed by atoms with Crippen molar-refractivity contribution < 1.29 is 42.1 Å². The van der Waals surface area contributed by atoms with E-state index in [2.05, 4.69) is 184 Å². The molecular formula is C82H137NO8P+. The Hall–Kier alpha value is -4.63. The van der Waals surface area contributed by atoms with Crippen LogP contribution in [-0.2, 0) is 32.7 Å². The summed E-state index contributed by atoms with van der Waals surface area (Å²) >= 11 is 0. The van der Waals surface area contributed by atoms with Crippen LogP contribution in [0, 0.1) is 0 Å². The highest BCUT2D eigenvalue weighted by molar-refractivity contribution is 7.47. The van der Waals surface area contributed by atoms with Crippen molar-refractivity contribution in [2.24, 2.45) is 0 Å². The van der Waals surface area contributed by atoms with E-state index in [-0.39, 0.29) is 32.0 Å². The SMILES string of the molecule is CC/C=C\C/C=C\C/C=C\C/C=C\C/C=C\C/C=C\C/C=C\C/C=C\C/C=C\C/C=C\C/C=C\CCCCCC(=O)OC(COC(=O)CCCCCCCCCCCCCCCCCC/C=C\C/C=C\C/C=C\CCCCCCC)COP(=O)(O)OCC[N+](C)(C)C. The van der Waals surface area contributed by atoms with E-state index in [0.29, 0.717) is 17.4 Å². The largest absolute Gasteiger partial charge is 0.472 e. The van der Waals surface area contributed by atoms with Gasteiger partial charge in [0.05, 0.1) is 27.7 Å². The molecule has 2 unspecified atom stereocenters. The molecule has 0 amide bonds. The van der Waals surface area contributed by atoms with Gasteiger partial charge in [-0.1, -0.05) is 306 Å². The van der Waals surface area contributed by atoms with Crippen LogP contribution < -0.4 is 0 Å². The van der Waals surface area contributed by atoms with Crippen molar-refractivity contribution in [2.45, 2.75) is 290 Å². The predicted molar refractivity (Wildman–Crippen MR) is 399 cm³/mol. The number of esters is 2. The van der Waals surface area contributed by atoms with Gasteiger partial charge < -0.3 is 18.9 Å². The lowest BCUT2D eigenvalue weighted by molar-refractivity contribution is -0.870. The molecule has 0 aliphatic rings. The Labute approximate surface area is 566 Å². The highest BCUT2D eigenvalue weighted by Gasteiger charge is 2.27. The molecule has 0 saturated heterocycles. The van der Waals surface area contributed by atoms with Crippen LogP contribution in [0.25, 0.3) is 0 Å². The summed E-state index contributed by atoms with van der Waals surface area (Å²) < 4.78 is 34.7. The maximum absolute atomic E-state index is 12.9. The molecule has 92 heavy (non-hydrogen) atoms. The molecule has 0 rings (SSSR count). The number of phosphoric ester groups is 1. The van der Waals surface area contributed by atoms with Crippen molar-refractivity contribution in [1.82, 2.24) is 0 Å². The summed E-state index contributed by atoms with van der Waals surface area (Å²) in [6.45, 7) is 4.27. The number of unbranched alkanes of at least 4 members (excludes halogenated alkanes) is 24. The average molecular weight is 1300 g/mol. The molecule has 0 bridgehead atoms. The Morgan fingerprint density at radius 2 is 0.620 bits per heavy atom. The molecule has 0 aromatic carbocycles. The van der Waals surface area contributed by atoms with E-state index >= 15 is 0 Å². The zero-order chi connectivity index (χ0) is 66.9. The first-order valence-corrected chi connectivity index (χ1v) is 38.4. The zero-order valence-corrected chi connectivity index (χ0v) is 60.4. The topological polar surface area (TPSA) is 108 Å². The monoisotopic (exact) mass is 1300 g/mol. The molecule has 0 heterocycles. The maximum atomic E-state index is 12.9. The number of quaternary nitrogens is 1. The lowest BCUT2D eigenvalue weighted by atomic mass is 10.0. The van der Waals surface area contributed by atoms with Crippen molar-refractivity contribution in [3.8, 4) is 0 Å².